The summed E-state index contributed by atoms with van der Waals surface area (Å²) in [6.07, 6.45) is 8.29. The van der Waals surface area contributed by atoms with Crippen molar-refractivity contribution in [2.24, 2.45) is 17.3 Å². The van der Waals surface area contributed by atoms with Crippen molar-refractivity contribution in [3.05, 3.63) is 35.9 Å². The van der Waals surface area contributed by atoms with Gasteiger partial charge in [-0.25, -0.2) is 0 Å². The Bertz CT molecular complexity index is 543. The maximum Gasteiger partial charge on any atom is 0.310 e. The van der Waals surface area contributed by atoms with Gasteiger partial charge in [0.1, 0.15) is 5.60 Å². The van der Waals surface area contributed by atoms with E-state index in [0.717, 1.165) is 18.8 Å². The lowest BCUT2D eigenvalue weighted by Crippen LogP contribution is -2.35. The number of carbonyl (C=O) groups is 1. The molecule has 2 aliphatic rings. The summed E-state index contributed by atoms with van der Waals surface area (Å²) in [6.45, 7) is 5.92. The fourth-order valence-corrected chi connectivity index (χ4v) is 4.51. The van der Waals surface area contributed by atoms with Gasteiger partial charge in [-0.3, -0.25) is 4.79 Å². The fourth-order valence-electron chi connectivity index (χ4n) is 4.51. The largest absolute Gasteiger partial charge is 0.460 e. The second-order valence-electron chi connectivity index (χ2n) is 8.49. The van der Waals surface area contributed by atoms with Crippen LogP contribution in [0.3, 0.4) is 0 Å². The van der Waals surface area contributed by atoms with Crippen molar-refractivity contribution in [2.45, 2.75) is 71.3 Å². The third-order valence-corrected chi connectivity index (χ3v) is 5.67. The summed E-state index contributed by atoms with van der Waals surface area (Å²) in [7, 11) is 0. The number of benzene rings is 1. The summed E-state index contributed by atoms with van der Waals surface area (Å²) in [5.74, 6) is 0.884. The molecule has 1 aromatic carbocycles. The van der Waals surface area contributed by atoms with Crippen LogP contribution >= 0.6 is 0 Å². The molecule has 126 valence electrons. The molecule has 0 aromatic heterocycles. The lowest BCUT2D eigenvalue weighted by Gasteiger charge is -2.32. The zero-order chi connectivity index (χ0) is 16.5. The van der Waals surface area contributed by atoms with Gasteiger partial charge in [-0.05, 0) is 69.8 Å². The SMILES string of the molecule is CC(C)(C)OC(=O)[C@H](CCc1ccccc1)[C@]12CCCC[C@H]1C2. The fraction of sp³-hybridized carbons (Fsp3) is 0.667. The average Bonchev–Trinajstić information content (AvgIpc) is 3.22. The van der Waals surface area contributed by atoms with E-state index in [4.69, 9.17) is 4.74 Å². The molecule has 0 N–H and O–H groups in total. The molecule has 2 saturated carbocycles. The van der Waals surface area contributed by atoms with Crippen LogP contribution < -0.4 is 0 Å². The Morgan fingerprint density at radius 2 is 2.00 bits per heavy atom. The molecule has 2 fully saturated rings. The van der Waals surface area contributed by atoms with E-state index in [1.807, 2.05) is 26.8 Å². The van der Waals surface area contributed by atoms with E-state index in [9.17, 15) is 4.79 Å². The summed E-state index contributed by atoms with van der Waals surface area (Å²) < 4.78 is 5.79. The molecule has 0 amide bonds. The zero-order valence-corrected chi connectivity index (χ0v) is 14.8. The Morgan fingerprint density at radius 1 is 1.26 bits per heavy atom. The minimum absolute atomic E-state index is 0.0397. The van der Waals surface area contributed by atoms with Crippen LogP contribution in [0.25, 0.3) is 0 Å². The summed E-state index contributed by atoms with van der Waals surface area (Å²) in [5, 5.41) is 0. The molecule has 0 unspecified atom stereocenters. The predicted molar refractivity (Wildman–Crippen MR) is 93.1 cm³/mol. The van der Waals surface area contributed by atoms with E-state index in [-0.39, 0.29) is 17.3 Å². The van der Waals surface area contributed by atoms with E-state index in [1.165, 1.54) is 37.7 Å². The highest BCUT2D eigenvalue weighted by Gasteiger charge is 2.61. The Kier molecular flexibility index (Phi) is 4.53. The summed E-state index contributed by atoms with van der Waals surface area (Å²) in [5.41, 5.74) is 1.19. The molecule has 2 nitrogen and oxygen atoms in total. The van der Waals surface area contributed by atoms with Crippen LogP contribution in [-0.4, -0.2) is 11.6 Å². The van der Waals surface area contributed by atoms with Crippen molar-refractivity contribution < 1.29 is 9.53 Å². The van der Waals surface area contributed by atoms with Crippen LogP contribution in [0.2, 0.25) is 0 Å². The quantitative estimate of drug-likeness (QED) is 0.702. The van der Waals surface area contributed by atoms with Gasteiger partial charge in [0.25, 0.3) is 0 Å². The minimum atomic E-state index is -0.391. The Morgan fingerprint density at radius 3 is 2.65 bits per heavy atom. The van der Waals surface area contributed by atoms with Gasteiger partial charge < -0.3 is 4.74 Å². The average molecular weight is 314 g/mol. The van der Waals surface area contributed by atoms with E-state index in [0.29, 0.717) is 0 Å². The molecule has 1 aromatic rings. The number of carbonyl (C=O) groups excluding carboxylic acids is 1. The van der Waals surface area contributed by atoms with E-state index in [2.05, 4.69) is 24.3 Å². The van der Waals surface area contributed by atoms with Crippen LogP contribution in [0.15, 0.2) is 30.3 Å². The first-order valence-electron chi connectivity index (χ1n) is 9.17. The van der Waals surface area contributed by atoms with Gasteiger partial charge in [0.2, 0.25) is 0 Å². The van der Waals surface area contributed by atoms with E-state index >= 15 is 0 Å². The second kappa shape index (κ2) is 6.30. The van der Waals surface area contributed by atoms with Crippen LogP contribution in [-0.2, 0) is 16.0 Å². The number of rotatable bonds is 5. The number of fused-ring (bicyclic) bond motifs is 1. The van der Waals surface area contributed by atoms with E-state index < -0.39 is 5.60 Å². The van der Waals surface area contributed by atoms with Crippen LogP contribution in [0.5, 0.6) is 0 Å². The van der Waals surface area contributed by atoms with Crippen molar-refractivity contribution in [1.29, 1.82) is 0 Å². The summed E-state index contributed by atoms with van der Waals surface area (Å²) in [6, 6.07) is 10.5. The molecular weight excluding hydrogens is 284 g/mol. The number of hydrogen-bond acceptors (Lipinski definition) is 2. The predicted octanol–water partition coefficient (Wildman–Crippen LogP) is 5.16. The first-order chi connectivity index (χ1) is 10.9. The first-order valence-corrected chi connectivity index (χ1v) is 9.17. The maximum absolute atomic E-state index is 12.9. The molecule has 0 saturated heterocycles. The highest BCUT2D eigenvalue weighted by molar-refractivity contribution is 5.74. The van der Waals surface area contributed by atoms with Gasteiger partial charge >= 0.3 is 5.97 Å². The van der Waals surface area contributed by atoms with Crippen molar-refractivity contribution in [3.63, 3.8) is 0 Å². The number of aryl methyl sites for hydroxylation is 1. The Labute approximate surface area is 140 Å². The van der Waals surface area contributed by atoms with Gasteiger partial charge in [-0.1, -0.05) is 43.2 Å². The highest BCUT2D eigenvalue weighted by atomic mass is 16.6. The standard InChI is InChI=1S/C21H30O2/c1-20(2,3)23-19(22)18(13-12-16-9-5-4-6-10-16)21-14-8-7-11-17(21)15-21/h4-6,9-10,17-18H,7-8,11-15H2,1-3H3/t17-,18-,21-/m0/s1. The van der Waals surface area contributed by atoms with Crippen molar-refractivity contribution >= 4 is 5.97 Å². The van der Waals surface area contributed by atoms with Crippen molar-refractivity contribution in [1.82, 2.24) is 0 Å². The monoisotopic (exact) mass is 314 g/mol. The van der Waals surface area contributed by atoms with Gasteiger partial charge in [0.05, 0.1) is 5.92 Å². The normalized spacial score (nSPS) is 27.9. The zero-order valence-electron chi connectivity index (χ0n) is 14.8. The molecule has 0 spiro atoms. The summed E-state index contributed by atoms with van der Waals surface area (Å²) >= 11 is 0. The smallest absolute Gasteiger partial charge is 0.310 e. The molecule has 0 aliphatic heterocycles. The number of ether oxygens (including phenoxy) is 1. The maximum atomic E-state index is 12.9. The highest BCUT2D eigenvalue weighted by Crippen LogP contribution is 2.66. The van der Waals surface area contributed by atoms with Crippen LogP contribution in [0, 0.1) is 17.3 Å². The summed E-state index contributed by atoms with van der Waals surface area (Å²) in [4.78, 5) is 12.9. The number of esters is 1. The van der Waals surface area contributed by atoms with Gasteiger partial charge in [-0.15, -0.1) is 0 Å². The molecule has 2 heteroatoms. The molecule has 3 rings (SSSR count). The van der Waals surface area contributed by atoms with Gasteiger partial charge in [0, 0.05) is 0 Å². The molecule has 0 radical (unpaired) electrons. The lowest BCUT2D eigenvalue weighted by atomic mass is 9.76. The number of hydrogen-bond donors (Lipinski definition) is 0. The molecule has 0 bridgehead atoms. The Balaban J connectivity index is 1.72. The van der Waals surface area contributed by atoms with Gasteiger partial charge in [-0.2, -0.15) is 0 Å². The van der Waals surface area contributed by atoms with E-state index in [1.54, 1.807) is 0 Å². The Hall–Kier alpha value is -1.31. The minimum Gasteiger partial charge on any atom is -0.460 e. The molecule has 23 heavy (non-hydrogen) atoms. The molecule has 2 aliphatic carbocycles. The molecular formula is C21H30O2. The second-order valence-corrected chi connectivity index (χ2v) is 8.49. The van der Waals surface area contributed by atoms with Gasteiger partial charge in [0.15, 0.2) is 0 Å². The van der Waals surface area contributed by atoms with Crippen molar-refractivity contribution in [2.75, 3.05) is 0 Å². The third kappa shape index (κ3) is 3.79. The topological polar surface area (TPSA) is 26.3 Å². The molecule has 3 atom stereocenters. The van der Waals surface area contributed by atoms with Crippen LogP contribution in [0.1, 0.15) is 64.9 Å². The first kappa shape index (κ1) is 16.5. The molecule has 0 heterocycles. The van der Waals surface area contributed by atoms with Crippen LogP contribution in [0.4, 0.5) is 0 Å². The van der Waals surface area contributed by atoms with Crippen molar-refractivity contribution in [3.8, 4) is 0 Å². The third-order valence-electron chi connectivity index (χ3n) is 5.67. The lowest BCUT2D eigenvalue weighted by molar-refractivity contribution is -0.163.